The van der Waals surface area contributed by atoms with E-state index in [9.17, 15) is 4.79 Å². The number of nitrogens with one attached hydrogen (secondary N) is 2. The topological polar surface area (TPSA) is 72.5 Å². The summed E-state index contributed by atoms with van der Waals surface area (Å²) in [5, 5.41) is 5.83. The number of benzene rings is 1. The third-order valence-electron chi connectivity index (χ3n) is 3.69. The zero-order chi connectivity index (χ0) is 17.5. The summed E-state index contributed by atoms with van der Waals surface area (Å²) >= 11 is 0. The van der Waals surface area contributed by atoms with Gasteiger partial charge in [0, 0.05) is 24.7 Å². The van der Waals surface area contributed by atoms with Crippen LogP contribution in [-0.2, 0) is 6.54 Å². The van der Waals surface area contributed by atoms with E-state index in [2.05, 4.69) is 21.5 Å². The minimum absolute atomic E-state index is 0.194. The fourth-order valence-corrected chi connectivity index (χ4v) is 2.45. The van der Waals surface area contributed by atoms with Gasteiger partial charge in [0.1, 0.15) is 5.82 Å². The molecule has 25 heavy (non-hydrogen) atoms. The summed E-state index contributed by atoms with van der Waals surface area (Å²) in [6.07, 6.45) is 7.50. The summed E-state index contributed by atoms with van der Waals surface area (Å²) in [6, 6.07) is 9.29. The van der Waals surface area contributed by atoms with Gasteiger partial charge in [-0.15, -0.1) is 6.42 Å². The summed E-state index contributed by atoms with van der Waals surface area (Å²) in [6.45, 7) is 2.04. The van der Waals surface area contributed by atoms with Gasteiger partial charge >= 0.3 is 0 Å². The van der Waals surface area contributed by atoms with E-state index in [1.807, 2.05) is 18.2 Å². The van der Waals surface area contributed by atoms with E-state index in [0.29, 0.717) is 31.1 Å². The zero-order valence-electron chi connectivity index (χ0n) is 13.7. The number of carbonyl (C=O) groups excluding carboxylic acids is 1. The van der Waals surface area contributed by atoms with Crippen LogP contribution in [0.4, 0.5) is 5.82 Å². The van der Waals surface area contributed by atoms with E-state index < -0.39 is 0 Å². The SMILES string of the molecule is C#CCNC(=O)c1ccc(NCc2cccc3c2OCCCO3)nc1. The van der Waals surface area contributed by atoms with Crippen molar-refractivity contribution >= 4 is 11.7 Å². The molecule has 6 nitrogen and oxygen atoms in total. The first-order valence-corrected chi connectivity index (χ1v) is 8.07. The third kappa shape index (κ3) is 4.21. The van der Waals surface area contributed by atoms with Crippen LogP contribution in [0.15, 0.2) is 36.5 Å². The maximum Gasteiger partial charge on any atom is 0.253 e. The number of pyridine rings is 1. The van der Waals surface area contributed by atoms with Gasteiger partial charge in [0.25, 0.3) is 5.91 Å². The van der Waals surface area contributed by atoms with Crippen molar-refractivity contribution in [1.82, 2.24) is 10.3 Å². The van der Waals surface area contributed by atoms with Gasteiger partial charge in [-0.2, -0.15) is 0 Å². The van der Waals surface area contributed by atoms with Crippen LogP contribution in [0.3, 0.4) is 0 Å². The predicted octanol–water partition coefficient (Wildman–Crippen LogP) is 2.22. The smallest absolute Gasteiger partial charge is 0.253 e. The zero-order valence-corrected chi connectivity index (χ0v) is 13.7. The van der Waals surface area contributed by atoms with Crippen molar-refractivity contribution in [3.05, 3.63) is 47.7 Å². The molecule has 128 valence electrons. The fraction of sp³-hybridized carbons (Fsp3) is 0.263. The average molecular weight is 337 g/mol. The normalized spacial score (nSPS) is 12.6. The molecule has 1 aliphatic heterocycles. The highest BCUT2D eigenvalue weighted by molar-refractivity contribution is 5.94. The van der Waals surface area contributed by atoms with Gasteiger partial charge in [-0.05, 0) is 18.2 Å². The summed E-state index contributed by atoms with van der Waals surface area (Å²) in [5.41, 5.74) is 1.46. The minimum atomic E-state index is -0.240. The van der Waals surface area contributed by atoms with Gasteiger partial charge in [0.15, 0.2) is 11.5 Å². The van der Waals surface area contributed by atoms with Gasteiger partial charge in [0.2, 0.25) is 0 Å². The molecule has 1 aromatic heterocycles. The summed E-state index contributed by atoms with van der Waals surface area (Å²) in [4.78, 5) is 16.0. The van der Waals surface area contributed by atoms with Crippen LogP contribution < -0.4 is 20.1 Å². The van der Waals surface area contributed by atoms with Crippen molar-refractivity contribution in [2.45, 2.75) is 13.0 Å². The maximum atomic E-state index is 11.8. The molecule has 2 heterocycles. The predicted molar refractivity (Wildman–Crippen MR) is 94.8 cm³/mol. The highest BCUT2D eigenvalue weighted by Crippen LogP contribution is 2.33. The van der Waals surface area contributed by atoms with Crippen LogP contribution >= 0.6 is 0 Å². The summed E-state index contributed by atoms with van der Waals surface area (Å²) in [7, 11) is 0. The van der Waals surface area contributed by atoms with Crippen LogP contribution in [0.1, 0.15) is 22.3 Å². The van der Waals surface area contributed by atoms with E-state index in [1.54, 1.807) is 12.1 Å². The van der Waals surface area contributed by atoms with Gasteiger partial charge in [0.05, 0.1) is 25.3 Å². The first-order chi connectivity index (χ1) is 12.3. The van der Waals surface area contributed by atoms with Crippen molar-refractivity contribution in [2.24, 2.45) is 0 Å². The van der Waals surface area contributed by atoms with Gasteiger partial charge in [-0.1, -0.05) is 18.1 Å². The number of ether oxygens (including phenoxy) is 2. The van der Waals surface area contributed by atoms with Gasteiger partial charge < -0.3 is 20.1 Å². The Labute approximate surface area is 146 Å². The number of anilines is 1. The molecule has 0 spiro atoms. The van der Waals surface area contributed by atoms with Crippen molar-refractivity contribution in [1.29, 1.82) is 0 Å². The second kappa shape index (κ2) is 8.06. The molecule has 1 amide bonds. The summed E-state index contributed by atoms with van der Waals surface area (Å²) in [5.74, 6) is 4.33. The lowest BCUT2D eigenvalue weighted by molar-refractivity contribution is 0.0958. The Kier molecular flexibility index (Phi) is 5.37. The molecule has 2 N–H and O–H groups in total. The molecule has 0 aliphatic carbocycles. The van der Waals surface area contributed by atoms with Crippen LogP contribution in [0, 0.1) is 12.3 Å². The Balaban J connectivity index is 1.64. The van der Waals surface area contributed by atoms with Crippen LogP contribution in [0.25, 0.3) is 0 Å². The average Bonchev–Trinajstić information content (AvgIpc) is 2.90. The first kappa shape index (κ1) is 16.7. The van der Waals surface area contributed by atoms with Crippen molar-refractivity contribution < 1.29 is 14.3 Å². The fourth-order valence-electron chi connectivity index (χ4n) is 2.45. The molecule has 1 aromatic carbocycles. The molecule has 0 saturated heterocycles. The molecular weight excluding hydrogens is 318 g/mol. The quantitative estimate of drug-likeness (QED) is 0.819. The molecule has 3 rings (SSSR count). The number of fused-ring (bicyclic) bond motifs is 1. The molecule has 0 bridgehead atoms. The molecule has 2 aromatic rings. The lowest BCUT2D eigenvalue weighted by Gasteiger charge is -2.13. The number of rotatable bonds is 5. The lowest BCUT2D eigenvalue weighted by Crippen LogP contribution is -2.23. The number of hydrogen-bond donors (Lipinski definition) is 2. The third-order valence-corrected chi connectivity index (χ3v) is 3.69. The number of terminal acetylenes is 1. The second-order valence-corrected chi connectivity index (χ2v) is 5.47. The molecule has 1 aliphatic rings. The molecule has 0 radical (unpaired) electrons. The highest BCUT2D eigenvalue weighted by Gasteiger charge is 2.14. The largest absolute Gasteiger partial charge is 0.490 e. The second-order valence-electron chi connectivity index (χ2n) is 5.47. The number of aromatic nitrogens is 1. The van der Waals surface area contributed by atoms with Crippen LogP contribution in [0.2, 0.25) is 0 Å². The first-order valence-electron chi connectivity index (χ1n) is 8.07. The summed E-state index contributed by atoms with van der Waals surface area (Å²) < 4.78 is 11.5. The standard InChI is InChI=1S/C19H19N3O3/c1-2-9-20-19(23)15-7-8-17(22-13-15)21-12-14-5-3-6-16-18(14)25-11-4-10-24-16/h1,3,5-8,13H,4,9-12H2,(H,20,23)(H,21,22). The molecule has 0 saturated carbocycles. The molecule has 0 unspecified atom stereocenters. The Morgan fingerprint density at radius 3 is 2.92 bits per heavy atom. The monoisotopic (exact) mass is 337 g/mol. The molecule has 0 fully saturated rings. The minimum Gasteiger partial charge on any atom is -0.490 e. The molecule has 6 heteroatoms. The van der Waals surface area contributed by atoms with E-state index in [0.717, 1.165) is 23.5 Å². The molecule has 0 atom stereocenters. The van der Waals surface area contributed by atoms with Crippen molar-refractivity contribution in [3.8, 4) is 23.8 Å². The van der Waals surface area contributed by atoms with E-state index in [1.165, 1.54) is 6.20 Å². The van der Waals surface area contributed by atoms with E-state index in [4.69, 9.17) is 15.9 Å². The Morgan fingerprint density at radius 1 is 1.24 bits per heavy atom. The van der Waals surface area contributed by atoms with E-state index >= 15 is 0 Å². The van der Waals surface area contributed by atoms with Gasteiger partial charge in [-0.3, -0.25) is 4.79 Å². The number of hydrogen-bond acceptors (Lipinski definition) is 5. The van der Waals surface area contributed by atoms with Gasteiger partial charge in [-0.25, -0.2) is 4.98 Å². The van der Waals surface area contributed by atoms with Crippen LogP contribution in [0.5, 0.6) is 11.5 Å². The Hall–Kier alpha value is -3.20. The number of amides is 1. The van der Waals surface area contributed by atoms with Crippen molar-refractivity contribution in [3.63, 3.8) is 0 Å². The highest BCUT2D eigenvalue weighted by atomic mass is 16.5. The van der Waals surface area contributed by atoms with Crippen molar-refractivity contribution in [2.75, 3.05) is 25.1 Å². The Morgan fingerprint density at radius 2 is 2.12 bits per heavy atom. The maximum absolute atomic E-state index is 11.8. The number of nitrogens with zero attached hydrogens (tertiary/aromatic N) is 1. The number of carbonyl (C=O) groups is 1. The van der Waals surface area contributed by atoms with Crippen LogP contribution in [-0.4, -0.2) is 30.6 Å². The van der Waals surface area contributed by atoms with E-state index in [-0.39, 0.29) is 12.5 Å². The Bertz CT molecular complexity index is 781. The lowest BCUT2D eigenvalue weighted by atomic mass is 10.2. The number of para-hydroxylation sites is 1. The molecular formula is C19H19N3O3.